The molecular formula is C12H12ClN3OS. The van der Waals surface area contributed by atoms with E-state index in [2.05, 4.69) is 15.5 Å². The molecule has 0 aliphatic heterocycles. The van der Waals surface area contributed by atoms with E-state index in [1.165, 1.54) is 11.3 Å². The van der Waals surface area contributed by atoms with Crippen molar-refractivity contribution in [1.82, 2.24) is 10.2 Å². The number of hydrogen-bond donors (Lipinski definition) is 1. The zero-order valence-electron chi connectivity index (χ0n) is 9.60. The number of anilines is 1. The van der Waals surface area contributed by atoms with Crippen LogP contribution in [0.3, 0.4) is 0 Å². The Morgan fingerprint density at radius 3 is 2.78 bits per heavy atom. The minimum Gasteiger partial charge on any atom is -0.301 e. The Kier molecular flexibility index (Phi) is 4.66. The van der Waals surface area contributed by atoms with E-state index < -0.39 is 0 Å². The largest absolute Gasteiger partial charge is 0.301 e. The highest BCUT2D eigenvalue weighted by atomic mass is 35.5. The molecule has 0 fully saturated rings. The molecule has 1 aromatic heterocycles. The predicted molar refractivity (Wildman–Crippen MR) is 73.9 cm³/mol. The van der Waals surface area contributed by atoms with E-state index >= 15 is 0 Å². The average molecular weight is 282 g/mol. The van der Waals surface area contributed by atoms with Gasteiger partial charge in [-0.25, -0.2) is 0 Å². The fourth-order valence-corrected chi connectivity index (χ4v) is 2.28. The van der Waals surface area contributed by atoms with Gasteiger partial charge in [0.1, 0.15) is 5.01 Å². The maximum Gasteiger partial charge on any atom is 0.226 e. The first-order chi connectivity index (χ1) is 8.79. The summed E-state index contributed by atoms with van der Waals surface area (Å²) in [6, 6.07) is 9.74. The van der Waals surface area contributed by atoms with Gasteiger partial charge in [0.2, 0.25) is 11.0 Å². The third kappa shape index (κ3) is 3.51. The number of nitrogens with zero attached hydrogens (tertiary/aromatic N) is 2. The van der Waals surface area contributed by atoms with Crippen molar-refractivity contribution in [3.63, 3.8) is 0 Å². The number of amides is 1. The first-order valence-electron chi connectivity index (χ1n) is 5.54. The van der Waals surface area contributed by atoms with Gasteiger partial charge in [-0.3, -0.25) is 4.79 Å². The van der Waals surface area contributed by atoms with Crippen LogP contribution in [0.4, 0.5) is 5.13 Å². The zero-order valence-corrected chi connectivity index (χ0v) is 11.2. The molecule has 0 unspecified atom stereocenters. The number of nitrogens with one attached hydrogen (secondary N) is 1. The molecule has 1 heterocycles. The van der Waals surface area contributed by atoms with E-state index in [9.17, 15) is 4.79 Å². The lowest BCUT2D eigenvalue weighted by Gasteiger charge is -1.98. The summed E-state index contributed by atoms with van der Waals surface area (Å²) in [4.78, 5) is 11.5. The Bertz CT molecular complexity index is 515. The topological polar surface area (TPSA) is 54.9 Å². The van der Waals surface area contributed by atoms with Gasteiger partial charge in [0.05, 0.1) is 0 Å². The number of carbonyl (C=O) groups excluding carboxylic acids is 1. The molecule has 0 aliphatic rings. The molecule has 18 heavy (non-hydrogen) atoms. The quantitative estimate of drug-likeness (QED) is 0.857. The molecule has 2 rings (SSSR count). The lowest BCUT2D eigenvalue weighted by Crippen LogP contribution is -2.10. The highest BCUT2D eigenvalue weighted by Crippen LogP contribution is 2.25. The first-order valence-corrected chi connectivity index (χ1v) is 6.89. The van der Waals surface area contributed by atoms with Crippen molar-refractivity contribution in [3.8, 4) is 10.6 Å². The molecule has 1 aromatic carbocycles. The van der Waals surface area contributed by atoms with E-state index in [-0.39, 0.29) is 5.91 Å². The third-order valence-corrected chi connectivity index (χ3v) is 3.38. The number of hydrogen-bond acceptors (Lipinski definition) is 4. The van der Waals surface area contributed by atoms with Crippen LogP contribution in [0.5, 0.6) is 0 Å². The minimum absolute atomic E-state index is 0.0774. The predicted octanol–water partition coefficient (Wildman–Crippen LogP) is 3.16. The normalized spacial score (nSPS) is 10.3. The number of halogens is 1. The van der Waals surface area contributed by atoms with Gasteiger partial charge >= 0.3 is 0 Å². The highest BCUT2D eigenvalue weighted by molar-refractivity contribution is 7.18. The molecule has 4 nitrogen and oxygen atoms in total. The maximum absolute atomic E-state index is 11.5. The van der Waals surface area contributed by atoms with Gasteiger partial charge in [-0.05, 0) is 6.42 Å². The first kappa shape index (κ1) is 13.0. The van der Waals surface area contributed by atoms with Crippen molar-refractivity contribution in [2.45, 2.75) is 12.8 Å². The minimum atomic E-state index is -0.0774. The highest BCUT2D eigenvalue weighted by Gasteiger charge is 2.08. The number of rotatable bonds is 5. The van der Waals surface area contributed by atoms with Gasteiger partial charge in [0.25, 0.3) is 0 Å². The molecule has 0 spiro atoms. The molecule has 0 bridgehead atoms. The van der Waals surface area contributed by atoms with Crippen molar-refractivity contribution < 1.29 is 4.79 Å². The molecule has 0 atom stereocenters. The third-order valence-electron chi connectivity index (χ3n) is 2.23. The van der Waals surface area contributed by atoms with Crippen LogP contribution in [0.25, 0.3) is 10.6 Å². The van der Waals surface area contributed by atoms with Gasteiger partial charge in [-0.15, -0.1) is 21.8 Å². The lowest BCUT2D eigenvalue weighted by atomic mass is 10.2. The Labute approximate surface area is 114 Å². The van der Waals surface area contributed by atoms with Crippen LogP contribution in [-0.4, -0.2) is 22.0 Å². The van der Waals surface area contributed by atoms with Gasteiger partial charge in [-0.2, -0.15) is 0 Å². The molecule has 94 valence electrons. The van der Waals surface area contributed by atoms with Crippen LogP contribution in [0, 0.1) is 0 Å². The van der Waals surface area contributed by atoms with E-state index in [0.29, 0.717) is 23.9 Å². The number of carbonyl (C=O) groups is 1. The Morgan fingerprint density at radius 1 is 1.28 bits per heavy atom. The second kappa shape index (κ2) is 6.47. The summed E-state index contributed by atoms with van der Waals surface area (Å²) in [6.07, 6.45) is 1.07. The van der Waals surface area contributed by atoms with Crippen LogP contribution < -0.4 is 5.32 Å². The Morgan fingerprint density at radius 2 is 2.06 bits per heavy atom. The van der Waals surface area contributed by atoms with Crippen molar-refractivity contribution in [2.24, 2.45) is 0 Å². The average Bonchev–Trinajstić information content (AvgIpc) is 2.86. The van der Waals surface area contributed by atoms with Crippen LogP contribution in [0.1, 0.15) is 12.8 Å². The maximum atomic E-state index is 11.5. The molecule has 0 radical (unpaired) electrons. The molecule has 0 saturated carbocycles. The van der Waals surface area contributed by atoms with Crippen molar-refractivity contribution >= 4 is 34.0 Å². The van der Waals surface area contributed by atoms with Crippen molar-refractivity contribution in [1.29, 1.82) is 0 Å². The molecule has 1 amide bonds. The Hall–Kier alpha value is -1.46. The SMILES string of the molecule is O=C(CCCCl)Nc1nnc(-c2ccccc2)s1. The van der Waals surface area contributed by atoms with Crippen LogP contribution >= 0.6 is 22.9 Å². The zero-order chi connectivity index (χ0) is 12.8. The molecule has 2 aromatic rings. The summed E-state index contributed by atoms with van der Waals surface area (Å²) >= 11 is 6.89. The van der Waals surface area contributed by atoms with E-state index in [4.69, 9.17) is 11.6 Å². The Balaban J connectivity index is 2.00. The van der Waals surface area contributed by atoms with E-state index in [1.54, 1.807) is 0 Å². The molecule has 0 aliphatic carbocycles. The smallest absolute Gasteiger partial charge is 0.226 e. The van der Waals surface area contributed by atoms with Crippen LogP contribution in [0.15, 0.2) is 30.3 Å². The summed E-state index contributed by atoms with van der Waals surface area (Å²) in [6.45, 7) is 0. The van der Waals surface area contributed by atoms with Crippen LogP contribution in [0.2, 0.25) is 0 Å². The number of aromatic nitrogens is 2. The van der Waals surface area contributed by atoms with Crippen LogP contribution in [-0.2, 0) is 4.79 Å². The summed E-state index contributed by atoms with van der Waals surface area (Å²) in [7, 11) is 0. The second-order valence-corrected chi connectivity index (χ2v) is 4.97. The van der Waals surface area contributed by atoms with Gasteiger partial charge in [0.15, 0.2) is 0 Å². The van der Waals surface area contributed by atoms with Gasteiger partial charge in [0, 0.05) is 17.9 Å². The van der Waals surface area contributed by atoms with Gasteiger partial charge in [-0.1, -0.05) is 41.7 Å². The fraction of sp³-hybridized carbons (Fsp3) is 0.250. The molecule has 6 heteroatoms. The standard InChI is InChI=1S/C12H12ClN3OS/c13-8-4-7-10(17)14-12-16-15-11(18-12)9-5-2-1-3-6-9/h1-3,5-6H,4,7-8H2,(H,14,16,17). The summed E-state index contributed by atoms with van der Waals surface area (Å²) in [5.74, 6) is 0.408. The second-order valence-electron chi connectivity index (χ2n) is 3.62. The fourth-order valence-electron chi connectivity index (χ4n) is 1.38. The van der Waals surface area contributed by atoms with E-state index in [1.807, 2.05) is 30.3 Å². The van der Waals surface area contributed by atoms with Gasteiger partial charge < -0.3 is 5.32 Å². The monoisotopic (exact) mass is 281 g/mol. The summed E-state index contributed by atoms with van der Waals surface area (Å²) < 4.78 is 0. The van der Waals surface area contributed by atoms with E-state index in [0.717, 1.165) is 10.6 Å². The number of benzene rings is 1. The molecule has 1 N–H and O–H groups in total. The molecular weight excluding hydrogens is 270 g/mol. The van der Waals surface area contributed by atoms with Crippen molar-refractivity contribution in [3.05, 3.63) is 30.3 Å². The summed E-state index contributed by atoms with van der Waals surface area (Å²) in [5, 5.41) is 12.0. The lowest BCUT2D eigenvalue weighted by molar-refractivity contribution is -0.116. The van der Waals surface area contributed by atoms with Crippen molar-refractivity contribution in [2.75, 3.05) is 11.2 Å². The number of alkyl halides is 1. The molecule has 0 saturated heterocycles. The summed E-state index contributed by atoms with van der Waals surface area (Å²) in [5.41, 5.74) is 0.997.